The highest BCUT2D eigenvalue weighted by Crippen LogP contribution is 2.44. The predicted molar refractivity (Wildman–Crippen MR) is 106 cm³/mol. The lowest BCUT2D eigenvalue weighted by atomic mass is 9.77. The Morgan fingerprint density at radius 3 is 2.42 bits per heavy atom. The summed E-state index contributed by atoms with van der Waals surface area (Å²) in [5.41, 5.74) is 0.647. The van der Waals surface area contributed by atoms with Crippen LogP contribution < -0.4 is 14.8 Å². The molecule has 0 unspecified atom stereocenters. The standard InChI is InChI=1S/C20H30N2O3.ClH/c1-3-22(4-2)12-11-21-19(23)20(9-5-6-10-20)16-7-8-17-18(15-16)25-14-13-24-17;/h7-8,15H,3-6,9-14H2,1-2H3,(H,21,23);1H. The van der Waals surface area contributed by atoms with Crippen molar-refractivity contribution in [2.45, 2.75) is 44.9 Å². The molecule has 1 saturated carbocycles. The summed E-state index contributed by atoms with van der Waals surface area (Å²) in [6, 6.07) is 6.01. The summed E-state index contributed by atoms with van der Waals surface area (Å²) in [4.78, 5) is 15.4. The molecule has 0 atom stereocenters. The van der Waals surface area contributed by atoms with E-state index in [2.05, 4.69) is 24.1 Å². The number of benzene rings is 1. The zero-order valence-corrected chi connectivity index (χ0v) is 16.7. The Balaban J connectivity index is 0.00000243. The summed E-state index contributed by atoms with van der Waals surface area (Å²) in [5.74, 6) is 1.71. The lowest BCUT2D eigenvalue weighted by Crippen LogP contribution is -2.45. The number of amides is 1. The van der Waals surface area contributed by atoms with E-state index in [4.69, 9.17) is 9.47 Å². The second-order valence-electron chi connectivity index (χ2n) is 6.93. The van der Waals surface area contributed by atoms with Gasteiger partial charge in [-0.1, -0.05) is 32.8 Å². The lowest BCUT2D eigenvalue weighted by Gasteiger charge is -2.30. The maximum absolute atomic E-state index is 13.1. The smallest absolute Gasteiger partial charge is 0.230 e. The Labute approximate surface area is 162 Å². The number of hydrogen-bond donors (Lipinski definition) is 1. The van der Waals surface area contributed by atoms with Crippen LogP contribution in [0.15, 0.2) is 18.2 Å². The molecule has 1 aromatic carbocycles. The van der Waals surface area contributed by atoms with E-state index < -0.39 is 5.41 Å². The van der Waals surface area contributed by atoms with Gasteiger partial charge in [-0.05, 0) is 43.6 Å². The van der Waals surface area contributed by atoms with Crippen LogP contribution >= 0.6 is 12.4 Å². The van der Waals surface area contributed by atoms with Gasteiger partial charge in [0.2, 0.25) is 5.91 Å². The van der Waals surface area contributed by atoms with Gasteiger partial charge in [0.25, 0.3) is 0 Å². The van der Waals surface area contributed by atoms with Crippen molar-refractivity contribution in [3.05, 3.63) is 23.8 Å². The van der Waals surface area contributed by atoms with E-state index in [0.717, 1.165) is 62.4 Å². The van der Waals surface area contributed by atoms with Crippen molar-refractivity contribution in [2.24, 2.45) is 0 Å². The van der Waals surface area contributed by atoms with Gasteiger partial charge in [0.1, 0.15) is 13.2 Å². The van der Waals surface area contributed by atoms with Crippen LogP contribution in [-0.2, 0) is 10.2 Å². The third-order valence-corrected chi connectivity index (χ3v) is 5.59. The molecule has 146 valence electrons. The first kappa shape index (κ1) is 20.8. The van der Waals surface area contributed by atoms with Gasteiger partial charge in [0, 0.05) is 13.1 Å². The molecule has 1 fully saturated rings. The van der Waals surface area contributed by atoms with Crippen molar-refractivity contribution >= 4 is 18.3 Å². The fourth-order valence-electron chi connectivity index (χ4n) is 4.00. The molecule has 0 aromatic heterocycles. The van der Waals surface area contributed by atoms with Crippen molar-refractivity contribution in [3.8, 4) is 11.5 Å². The Kier molecular flexibility index (Phi) is 7.59. The van der Waals surface area contributed by atoms with E-state index in [9.17, 15) is 4.79 Å². The van der Waals surface area contributed by atoms with Gasteiger partial charge >= 0.3 is 0 Å². The molecule has 3 rings (SSSR count). The minimum Gasteiger partial charge on any atom is -0.486 e. The van der Waals surface area contributed by atoms with E-state index in [1.54, 1.807) is 0 Å². The number of hydrogen-bond acceptors (Lipinski definition) is 4. The maximum Gasteiger partial charge on any atom is 0.230 e. The number of ether oxygens (including phenoxy) is 2. The molecule has 1 aromatic rings. The second-order valence-corrected chi connectivity index (χ2v) is 6.93. The van der Waals surface area contributed by atoms with Crippen molar-refractivity contribution in [1.82, 2.24) is 10.2 Å². The van der Waals surface area contributed by atoms with Crippen molar-refractivity contribution in [3.63, 3.8) is 0 Å². The van der Waals surface area contributed by atoms with Gasteiger partial charge in [0.05, 0.1) is 5.41 Å². The minimum absolute atomic E-state index is 0. The molecule has 1 amide bonds. The highest BCUT2D eigenvalue weighted by atomic mass is 35.5. The van der Waals surface area contributed by atoms with Gasteiger partial charge in [-0.15, -0.1) is 12.4 Å². The normalized spacial score (nSPS) is 17.7. The molecule has 1 aliphatic heterocycles. The summed E-state index contributed by atoms with van der Waals surface area (Å²) >= 11 is 0. The number of halogens is 1. The fraction of sp³-hybridized carbons (Fsp3) is 0.650. The second kappa shape index (κ2) is 9.47. The molecule has 1 N–H and O–H groups in total. The van der Waals surface area contributed by atoms with Crippen molar-refractivity contribution in [2.75, 3.05) is 39.4 Å². The highest BCUT2D eigenvalue weighted by Gasteiger charge is 2.43. The molecule has 0 spiro atoms. The maximum atomic E-state index is 13.1. The van der Waals surface area contributed by atoms with Crippen LogP contribution in [0.1, 0.15) is 45.1 Å². The van der Waals surface area contributed by atoms with Crippen LogP contribution in [-0.4, -0.2) is 50.2 Å². The Hall–Kier alpha value is -1.46. The predicted octanol–water partition coefficient (Wildman–Crippen LogP) is 3.15. The minimum atomic E-state index is -0.418. The largest absolute Gasteiger partial charge is 0.486 e. The topological polar surface area (TPSA) is 50.8 Å². The number of carbonyl (C=O) groups is 1. The Morgan fingerprint density at radius 1 is 1.12 bits per heavy atom. The quantitative estimate of drug-likeness (QED) is 0.787. The van der Waals surface area contributed by atoms with Crippen molar-refractivity contribution < 1.29 is 14.3 Å². The molecular weight excluding hydrogens is 352 g/mol. The summed E-state index contributed by atoms with van der Waals surface area (Å²) in [6.45, 7) is 9.09. The van der Waals surface area contributed by atoms with Crippen LogP contribution in [0.2, 0.25) is 0 Å². The van der Waals surface area contributed by atoms with Crippen molar-refractivity contribution in [1.29, 1.82) is 0 Å². The van der Waals surface area contributed by atoms with Crippen LogP contribution in [0.25, 0.3) is 0 Å². The number of rotatable bonds is 7. The van der Waals surface area contributed by atoms with Gasteiger partial charge in [-0.25, -0.2) is 0 Å². The Bertz CT molecular complexity index is 599. The molecular formula is C20H31ClN2O3. The molecule has 1 heterocycles. The van der Waals surface area contributed by atoms with E-state index in [-0.39, 0.29) is 18.3 Å². The molecule has 0 bridgehead atoms. The number of nitrogens with one attached hydrogen (secondary N) is 1. The van der Waals surface area contributed by atoms with Gasteiger partial charge in [0.15, 0.2) is 11.5 Å². The summed E-state index contributed by atoms with van der Waals surface area (Å²) in [5, 5.41) is 3.19. The number of fused-ring (bicyclic) bond motifs is 1. The average Bonchev–Trinajstić information content (AvgIpc) is 3.16. The Morgan fingerprint density at radius 2 is 1.77 bits per heavy atom. The van der Waals surface area contributed by atoms with E-state index >= 15 is 0 Å². The first-order chi connectivity index (χ1) is 12.2. The van der Waals surface area contributed by atoms with Crippen LogP contribution in [0.4, 0.5) is 0 Å². The van der Waals surface area contributed by atoms with E-state index in [0.29, 0.717) is 19.8 Å². The SMILES string of the molecule is CCN(CC)CCNC(=O)C1(c2ccc3c(c2)OCCO3)CCCC1.Cl. The third kappa shape index (κ3) is 4.26. The van der Waals surface area contributed by atoms with Gasteiger partial charge in [-0.2, -0.15) is 0 Å². The summed E-state index contributed by atoms with van der Waals surface area (Å²) in [6.07, 6.45) is 4.00. The van der Waals surface area contributed by atoms with Crippen LogP contribution in [0.5, 0.6) is 11.5 Å². The van der Waals surface area contributed by atoms with Crippen LogP contribution in [0, 0.1) is 0 Å². The molecule has 0 saturated heterocycles. The van der Waals surface area contributed by atoms with E-state index in [1.165, 1.54) is 0 Å². The molecule has 5 nitrogen and oxygen atoms in total. The summed E-state index contributed by atoms with van der Waals surface area (Å²) in [7, 11) is 0. The lowest BCUT2D eigenvalue weighted by molar-refractivity contribution is -0.126. The first-order valence-electron chi connectivity index (χ1n) is 9.60. The zero-order valence-electron chi connectivity index (χ0n) is 15.9. The monoisotopic (exact) mass is 382 g/mol. The fourth-order valence-corrected chi connectivity index (χ4v) is 4.00. The highest BCUT2D eigenvalue weighted by molar-refractivity contribution is 5.88. The number of likely N-dealkylation sites (N-methyl/N-ethyl adjacent to an activating group) is 1. The molecule has 2 aliphatic rings. The van der Waals surface area contributed by atoms with Gasteiger partial charge < -0.3 is 19.7 Å². The molecule has 0 radical (unpaired) electrons. The summed E-state index contributed by atoms with van der Waals surface area (Å²) < 4.78 is 11.3. The first-order valence-corrected chi connectivity index (χ1v) is 9.60. The molecule has 26 heavy (non-hydrogen) atoms. The zero-order chi connectivity index (χ0) is 17.7. The molecule has 6 heteroatoms. The number of carbonyl (C=O) groups excluding carboxylic acids is 1. The number of nitrogens with zero attached hydrogens (tertiary/aromatic N) is 1. The van der Waals surface area contributed by atoms with Gasteiger partial charge in [-0.3, -0.25) is 4.79 Å². The molecule has 1 aliphatic carbocycles. The average molecular weight is 383 g/mol. The third-order valence-electron chi connectivity index (χ3n) is 5.59. The van der Waals surface area contributed by atoms with Crippen LogP contribution in [0.3, 0.4) is 0 Å². The van der Waals surface area contributed by atoms with E-state index in [1.807, 2.05) is 18.2 Å².